The van der Waals surface area contributed by atoms with Gasteiger partial charge in [-0.05, 0) is 30.3 Å². The Morgan fingerprint density at radius 2 is 2.20 bits per heavy atom. The lowest BCUT2D eigenvalue weighted by Crippen LogP contribution is -1.98. The maximum Gasteiger partial charge on any atom is 0.138 e. The molecule has 0 amide bonds. The number of hydrogen-bond acceptors (Lipinski definition) is 4. The van der Waals surface area contributed by atoms with Crippen LogP contribution in [-0.2, 0) is 0 Å². The predicted molar refractivity (Wildman–Crippen MR) is 98.6 cm³/mol. The molecule has 0 saturated carbocycles. The van der Waals surface area contributed by atoms with Gasteiger partial charge >= 0.3 is 0 Å². The molecule has 7 heteroatoms. The average Bonchev–Trinajstić information content (AvgIpc) is 3.30. The third kappa shape index (κ3) is 2.84. The van der Waals surface area contributed by atoms with E-state index < -0.39 is 0 Å². The minimum Gasteiger partial charge on any atom is -0.361 e. The zero-order chi connectivity index (χ0) is 17.2. The Morgan fingerprint density at radius 1 is 1.28 bits per heavy atom. The summed E-state index contributed by atoms with van der Waals surface area (Å²) in [4.78, 5) is 11.3. The highest BCUT2D eigenvalue weighted by Crippen LogP contribution is 2.29. The van der Waals surface area contributed by atoms with Gasteiger partial charge in [-0.3, -0.25) is 4.98 Å². The van der Waals surface area contributed by atoms with E-state index >= 15 is 0 Å². The molecule has 0 atom stereocenters. The van der Waals surface area contributed by atoms with Gasteiger partial charge in [0.25, 0.3) is 0 Å². The smallest absolute Gasteiger partial charge is 0.138 e. The van der Waals surface area contributed by atoms with E-state index in [9.17, 15) is 5.26 Å². The van der Waals surface area contributed by atoms with Gasteiger partial charge in [0.05, 0.1) is 17.3 Å². The van der Waals surface area contributed by atoms with E-state index in [4.69, 9.17) is 0 Å². The number of hydrogen-bond donors (Lipinski definition) is 1. The number of nitrogens with zero attached hydrogens (tertiary/aromatic N) is 5. The molecule has 4 rings (SSSR count). The van der Waals surface area contributed by atoms with Crippen LogP contribution in [0.25, 0.3) is 28.2 Å². The van der Waals surface area contributed by atoms with Crippen LogP contribution in [0.2, 0.25) is 0 Å². The third-order valence-corrected chi connectivity index (χ3v) is 4.34. The van der Waals surface area contributed by atoms with Crippen molar-refractivity contribution in [2.45, 2.75) is 0 Å². The summed E-state index contributed by atoms with van der Waals surface area (Å²) in [6, 6.07) is 10.1. The van der Waals surface area contributed by atoms with Gasteiger partial charge in [0.1, 0.15) is 12.7 Å². The average molecular weight is 391 g/mol. The van der Waals surface area contributed by atoms with Crippen LogP contribution < -0.4 is 0 Å². The lowest BCUT2D eigenvalue weighted by Gasteiger charge is -2.05. The quantitative estimate of drug-likeness (QED) is 0.536. The summed E-state index contributed by atoms with van der Waals surface area (Å²) >= 11 is 3.48. The molecule has 0 fully saturated rings. The summed E-state index contributed by atoms with van der Waals surface area (Å²) in [5.41, 5.74) is 3.95. The van der Waals surface area contributed by atoms with E-state index in [1.54, 1.807) is 23.4 Å². The van der Waals surface area contributed by atoms with Gasteiger partial charge in [-0.15, -0.1) is 0 Å². The lowest BCUT2D eigenvalue weighted by atomic mass is 10.0. The van der Waals surface area contributed by atoms with Crippen LogP contribution in [-0.4, -0.2) is 24.7 Å². The first kappa shape index (κ1) is 15.3. The number of rotatable bonds is 3. The Balaban J connectivity index is 1.88. The van der Waals surface area contributed by atoms with E-state index in [1.807, 2.05) is 36.5 Å². The topological polar surface area (TPSA) is 83.2 Å². The zero-order valence-electron chi connectivity index (χ0n) is 12.9. The molecule has 3 heterocycles. The molecule has 0 saturated heterocycles. The maximum atomic E-state index is 9.71. The Bertz CT molecular complexity index is 1120. The molecule has 0 radical (unpaired) electrons. The maximum absolute atomic E-state index is 9.71. The first-order chi connectivity index (χ1) is 12.3. The monoisotopic (exact) mass is 390 g/mol. The number of nitrogens with one attached hydrogen (secondary N) is 1. The fraction of sp³-hybridized carbons (Fsp3) is 0. The van der Waals surface area contributed by atoms with Crippen molar-refractivity contribution in [1.29, 1.82) is 5.26 Å². The molecule has 25 heavy (non-hydrogen) atoms. The fourth-order valence-electron chi connectivity index (χ4n) is 2.69. The molecular weight excluding hydrogens is 380 g/mol. The largest absolute Gasteiger partial charge is 0.361 e. The molecule has 3 aromatic heterocycles. The molecule has 6 nitrogen and oxygen atoms in total. The van der Waals surface area contributed by atoms with Gasteiger partial charge < -0.3 is 4.98 Å². The van der Waals surface area contributed by atoms with Crippen molar-refractivity contribution in [2.24, 2.45) is 0 Å². The van der Waals surface area contributed by atoms with Crippen LogP contribution in [0.5, 0.6) is 0 Å². The molecule has 1 N–H and O–H groups in total. The number of halogens is 1. The molecule has 0 spiro atoms. The van der Waals surface area contributed by atoms with Crippen LogP contribution in [0.15, 0.2) is 60.0 Å². The SMILES string of the molecule is N#CC(=Cc1cnccc1-n1cncn1)c1c[nH]c2ccc(Br)cc12. The molecular formula is C18H11BrN6. The number of H-pyrrole nitrogens is 1. The second-order valence-corrected chi connectivity index (χ2v) is 6.25. The molecule has 1 aromatic carbocycles. The number of fused-ring (bicyclic) bond motifs is 1. The van der Waals surface area contributed by atoms with Gasteiger partial charge in [0.2, 0.25) is 0 Å². The van der Waals surface area contributed by atoms with Crippen LogP contribution >= 0.6 is 15.9 Å². The highest BCUT2D eigenvalue weighted by Gasteiger charge is 2.11. The van der Waals surface area contributed by atoms with E-state index in [0.29, 0.717) is 5.57 Å². The number of aromatic amines is 1. The lowest BCUT2D eigenvalue weighted by molar-refractivity contribution is 0.874. The first-order valence-corrected chi connectivity index (χ1v) is 8.23. The second kappa shape index (κ2) is 6.34. The summed E-state index contributed by atoms with van der Waals surface area (Å²) in [5.74, 6) is 0. The molecule has 0 aliphatic carbocycles. The highest BCUT2D eigenvalue weighted by molar-refractivity contribution is 9.10. The van der Waals surface area contributed by atoms with E-state index in [0.717, 1.165) is 32.2 Å². The molecule has 0 bridgehead atoms. The summed E-state index contributed by atoms with van der Waals surface area (Å²) in [6.45, 7) is 0. The number of pyridine rings is 1. The van der Waals surface area contributed by atoms with Crippen molar-refractivity contribution in [3.63, 3.8) is 0 Å². The Morgan fingerprint density at radius 3 is 3.00 bits per heavy atom. The van der Waals surface area contributed by atoms with Crippen LogP contribution in [0, 0.1) is 11.3 Å². The molecule has 120 valence electrons. The fourth-order valence-corrected chi connectivity index (χ4v) is 3.05. The Hall–Kier alpha value is -3.24. The summed E-state index contributed by atoms with van der Waals surface area (Å²) in [6.07, 6.45) is 10.1. The normalized spacial score (nSPS) is 11.6. The second-order valence-electron chi connectivity index (χ2n) is 5.34. The van der Waals surface area contributed by atoms with Crippen molar-refractivity contribution in [3.05, 3.63) is 71.1 Å². The number of nitriles is 1. The van der Waals surface area contributed by atoms with Crippen molar-refractivity contribution in [1.82, 2.24) is 24.7 Å². The third-order valence-electron chi connectivity index (χ3n) is 3.85. The predicted octanol–water partition coefficient (Wildman–Crippen LogP) is 3.97. The summed E-state index contributed by atoms with van der Waals surface area (Å²) in [7, 11) is 0. The number of benzene rings is 1. The van der Waals surface area contributed by atoms with Crippen molar-refractivity contribution in [3.8, 4) is 11.8 Å². The number of aromatic nitrogens is 5. The van der Waals surface area contributed by atoms with Crippen LogP contribution in [0.4, 0.5) is 0 Å². The van der Waals surface area contributed by atoms with E-state index in [2.05, 4.69) is 42.0 Å². The van der Waals surface area contributed by atoms with E-state index in [-0.39, 0.29) is 0 Å². The zero-order valence-corrected chi connectivity index (χ0v) is 14.5. The summed E-state index contributed by atoms with van der Waals surface area (Å²) in [5, 5.41) is 14.8. The minimum absolute atomic E-state index is 0.540. The van der Waals surface area contributed by atoms with Gasteiger partial charge in [0, 0.05) is 45.1 Å². The van der Waals surface area contributed by atoms with Crippen molar-refractivity contribution >= 4 is 38.5 Å². The highest BCUT2D eigenvalue weighted by atomic mass is 79.9. The molecule has 0 aliphatic rings. The van der Waals surface area contributed by atoms with Crippen molar-refractivity contribution < 1.29 is 0 Å². The number of allylic oxidation sites excluding steroid dienone is 1. The minimum atomic E-state index is 0.540. The van der Waals surface area contributed by atoms with Gasteiger partial charge in [-0.2, -0.15) is 10.4 Å². The van der Waals surface area contributed by atoms with Gasteiger partial charge in [0.15, 0.2) is 0 Å². The van der Waals surface area contributed by atoms with Crippen LogP contribution in [0.3, 0.4) is 0 Å². The van der Waals surface area contributed by atoms with Gasteiger partial charge in [-0.1, -0.05) is 15.9 Å². The Labute approximate surface area is 151 Å². The van der Waals surface area contributed by atoms with E-state index in [1.165, 1.54) is 6.33 Å². The van der Waals surface area contributed by atoms with Crippen LogP contribution in [0.1, 0.15) is 11.1 Å². The van der Waals surface area contributed by atoms with Crippen molar-refractivity contribution in [2.75, 3.05) is 0 Å². The standard InChI is InChI=1S/C18H11BrN6/c19-14-1-2-17-15(6-14)16(9-23-17)12(7-20)5-13-8-21-4-3-18(13)25-11-22-10-24-25/h1-6,8-11,23H. The molecule has 4 aromatic rings. The first-order valence-electron chi connectivity index (χ1n) is 7.44. The Kier molecular flexibility index (Phi) is 3.88. The molecule has 0 aliphatic heterocycles. The van der Waals surface area contributed by atoms with Gasteiger partial charge in [-0.25, -0.2) is 9.67 Å². The summed E-state index contributed by atoms with van der Waals surface area (Å²) < 4.78 is 2.61. The molecule has 0 unspecified atom stereocenters.